The lowest BCUT2D eigenvalue weighted by molar-refractivity contribution is -0.159. The molecule has 2 heterocycles. The predicted molar refractivity (Wildman–Crippen MR) is 130 cm³/mol. The Morgan fingerprint density at radius 2 is 1.11 bits per heavy atom. The fraction of sp³-hybridized carbons (Fsp3) is 0.846. The van der Waals surface area contributed by atoms with E-state index in [4.69, 9.17) is 14.2 Å². The quantitative estimate of drug-likeness (QED) is 0.359. The van der Waals surface area contributed by atoms with Crippen LogP contribution < -0.4 is 0 Å². The summed E-state index contributed by atoms with van der Waals surface area (Å²) in [6.07, 6.45) is 3.21. The van der Waals surface area contributed by atoms with Crippen LogP contribution in [0.5, 0.6) is 0 Å². The predicted octanol–water partition coefficient (Wildman–Crippen LogP) is 3.39. The minimum absolute atomic E-state index is 0.0228. The van der Waals surface area contributed by atoms with Gasteiger partial charge < -0.3 is 28.8 Å². The Balaban J connectivity index is 0.000000362. The van der Waals surface area contributed by atoms with E-state index < -0.39 is 23.8 Å². The first-order chi connectivity index (χ1) is 16.9. The number of carboxylic acids is 1. The molecule has 0 aliphatic carbocycles. The van der Waals surface area contributed by atoms with E-state index in [1.165, 1.54) is 14.2 Å². The molecule has 0 aromatic carbocycles. The number of aliphatic carboxylic acids is 1. The first-order valence-corrected chi connectivity index (χ1v) is 12.8. The first kappa shape index (κ1) is 31.8. The van der Waals surface area contributed by atoms with Crippen LogP contribution in [0.3, 0.4) is 0 Å². The van der Waals surface area contributed by atoms with Crippen LogP contribution in [0, 0.1) is 23.7 Å². The van der Waals surface area contributed by atoms with Crippen molar-refractivity contribution >= 4 is 23.9 Å². The summed E-state index contributed by atoms with van der Waals surface area (Å²) in [5.74, 6) is -3.09. The molecule has 2 fully saturated rings. The third kappa shape index (κ3) is 10.8. The number of carbonyl (C=O) groups excluding carboxylic acids is 3. The van der Waals surface area contributed by atoms with Crippen molar-refractivity contribution in [3.63, 3.8) is 0 Å². The molecule has 2 aliphatic rings. The van der Waals surface area contributed by atoms with Crippen LogP contribution in [0.4, 0.5) is 0 Å². The number of methoxy groups -OCH3 is 2. The fourth-order valence-corrected chi connectivity index (χ4v) is 5.24. The molecule has 2 rings (SSSR count). The Bertz CT molecular complexity index is 704. The first-order valence-electron chi connectivity index (χ1n) is 12.8. The average molecular weight is 517 g/mol. The third-order valence-electron chi connectivity index (χ3n) is 6.74. The second kappa shape index (κ2) is 15.8. The Kier molecular flexibility index (Phi) is 14.0. The normalized spacial score (nSPS) is 29.5. The van der Waals surface area contributed by atoms with Gasteiger partial charge in [0, 0.05) is 0 Å². The van der Waals surface area contributed by atoms with Gasteiger partial charge in [-0.3, -0.25) is 19.2 Å². The Hall–Kier alpha value is -2.20. The molecular weight excluding hydrogens is 472 g/mol. The summed E-state index contributed by atoms with van der Waals surface area (Å²) in [5.41, 5.74) is 0. The number of hydrogen-bond donors (Lipinski definition) is 1. The van der Waals surface area contributed by atoms with Crippen molar-refractivity contribution in [2.24, 2.45) is 23.7 Å². The van der Waals surface area contributed by atoms with E-state index in [9.17, 15) is 24.3 Å². The van der Waals surface area contributed by atoms with Crippen LogP contribution in [-0.2, 0) is 42.9 Å². The monoisotopic (exact) mass is 516 g/mol. The summed E-state index contributed by atoms with van der Waals surface area (Å²) in [7, 11) is 2.61. The van der Waals surface area contributed by atoms with E-state index in [0.717, 1.165) is 12.8 Å². The van der Waals surface area contributed by atoms with Gasteiger partial charge in [0.15, 0.2) is 0 Å². The molecule has 1 N–H and O–H groups in total. The summed E-state index contributed by atoms with van der Waals surface area (Å²) < 4.78 is 25.5. The number of rotatable bonds is 9. The van der Waals surface area contributed by atoms with Crippen molar-refractivity contribution < 1.29 is 48.0 Å². The fourth-order valence-electron chi connectivity index (χ4n) is 5.24. The van der Waals surface area contributed by atoms with Crippen LogP contribution in [0.1, 0.15) is 73.1 Å². The van der Waals surface area contributed by atoms with Gasteiger partial charge in [-0.2, -0.15) is 0 Å². The largest absolute Gasteiger partial charge is 0.481 e. The van der Waals surface area contributed by atoms with Gasteiger partial charge in [0.25, 0.3) is 0 Å². The summed E-state index contributed by atoms with van der Waals surface area (Å²) >= 11 is 0. The number of carboxylic acid groups (broad SMARTS) is 1. The summed E-state index contributed by atoms with van der Waals surface area (Å²) in [6.45, 7) is 9.93. The van der Waals surface area contributed by atoms with Crippen molar-refractivity contribution in [2.75, 3.05) is 20.8 Å². The van der Waals surface area contributed by atoms with Crippen LogP contribution in [-0.4, -0.2) is 74.2 Å². The van der Waals surface area contributed by atoms with E-state index in [1.54, 1.807) is 6.92 Å². The van der Waals surface area contributed by atoms with Crippen molar-refractivity contribution in [2.45, 2.75) is 97.6 Å². The molecule has 208 valence electrons. The summed E-state index contributed by atoms with van der Waals surface area (Å²) in [6, 6.07) is 0. The molecule has 6 atom stereocenters. The lowest BCUT2D eigenvalue weighted by atomic mass is 9.80. The van der Waals surface area contributed by atoms with Crippen molar-refractivity contribution in [3.05, 3.63) is 0 Å². The molecule has 0 amide bonds. The van der Waals surface area contributed by atoms with Gasteiger partial charge >= 0.3 is 23.9 Å². The molecule has 0 aromatic heterocycles. The number of carbonyl (C=O) groups is 4. The van der Waals surface area contributed by atoms with Gasteiger partial charge in [0.2, 0.25) is 0 Å². The highest BCUT2D eigenvalue weighted by Crippen LogP contribution is 2.34. The van der Waals surface area contributed by atoms with Gasteiger partial charge in [0.05, 0.1) is 69.9 Å². The second-order valence-electron chi connectivity index (χ2n) is 9.84. The number of hydrogen-bond acceptors (Lipinski definition) is 9. The van der Waals surface area contributed by atoms with Gasteiger partial charge in [-0.1, -0.05) is 0 Å². The van der Waals surface area contributed by atoms with Gasteiger partial charge in [-0.25, -0.2) is 0 Å². The highest BCUT2D eigenvalue weighted by molar-refractivity contribution is 5.80. The molecule has 2 saturated heterocycles. The summed E-state index contributed by atoms with van der Waals surface area (Å²) in [4.78, 5) is 45.9. The van der Waals surface area contributed by atoms with Gasteiger partial charge in [-0.05, 0) is 72.1 Å². The Labute approximate surface area is 214 Å². The molecule has 0 radical (unpaired) electrons. The maximum atomic E-state index is 12.0. The van der Waals surface area contributed by atoms with Crippen molar-refractivity contribution in [3.8, 4) is 0 Å². The topological polar surface area (TPSA) is 135 Å². The Morgan fingerprint density at radius 1 is 0.750 bits per heavy atom. The average Bonchev–Trinajstić information content (AvgIpc) is 2.79. The van der Waals surface area contributed by atoms with E-state index in [1.807, 2.05) is 27.7 Å². The Morgan fingerprint density at radius 3 is 1.44 bits per heavy atom. The van der Waals surface area contributed by atoms with E-state index in [2.05, 4.69) is 9.47 Å². The zero-order valence-corrected chi connectivity index (χ0v) is 22.7. The molecule has 10 heteroatoms. The van der Waals surface area contributed by atoms with Crippen molar-refractivity contribution in [1.29, 1.82) is 0 Å². The SMILES string of the molecule is CCOC(=O)[C@@H](CC(=O)OC)C1C[C@@H](C)O[C@H](C)C1.COC(=O)C[C@H](C(=O)O)C1C[C@@H](C)O[C@H](C)C1. The van der Waals surface area contributed by atoms with E-state index >= 15 is 0 Å². The molecular formula is C26H44O10. The molecule has 0 bridgehead atoms. The van der Waals surface area contributed by atoms with Crippen molar-refractivity contribution in [1.82, 2.24) is 0 Å². The molecule has 36 heavy (non-hydrogen) atoms. The second-order valence-corrected chi connectivity index (χ2v) is 9.84. The zero-order chi connectivity index (χ0) is 27.4. The minimum atomic E-state index is -0.929. The lowest BCUT2D eigenvalue weighted by Crippen LogP contribution is -2.37. The highest BCUT2D eigenvalue weighted by Gasteiger charge is 2.37. The lowest BCUT2D eigenvalue weighted by Gasteiger charge is -2.35. The molecule has 2 aliphatic heterocycles. The van der Waals surface area contributed by atoms with Crippen LogP contribution >= 0.6 is 0 Å². The van der Waals surface area contributed by atoms with Crippen LogP contribution in [0.15, 0.2) is 0 Å². The maximum absolute atomic E-state index is 12.0. The number of ether oxygens (including phenoxy) is 5. The molecule has 0 unspecified atom stereocenters. The van der Waals surface area contributed by atoms with E-state index in [0.29, 0.717) is 19.4 Å². The standard InChI is InChI=1S/C14H24O5.C12H20O5/c1-5-18-14(16)12(8-13(15)17-4)11-6-9(2)19-10(3)7-11;1-7-4-9(5-8(2)17-7)10(12(14)15)6-11(13)16-3/h9-12H,5-8H2,1-4H3;7-10H,4-6H2,1-3H3,(H,14,15)/t9-,10-,12+;7-,8-,10+/m11/s1. The summed E-state index contributed by atoms with van der Waals surface area (Å²) in [5, 5.41) is 9.19. The smallest absolute Gasteiger partial charge is 0.309 e. The third-order valence-corrected chi connectivity index (χ3v) is 6.74. The van der Waals surface area contributed by atoms with Crippen LogP contribution in [0.2, 0.25) is 0 Å². The van der Waals surface area contributed by atoms with E-state index in [-0.39, 0.29) is 61.0 Å². The molecule has 0 spiro atoms. The van der Waals surface area contributed by atoms with Crippen LogP contribution in [0.25, 0.3) is 0 Å². The maximum Gasteiger partial charge on any atom is 0.309 e. The van der Waals surface area contributed by atoms with Gasteiger partial charge in [0.1, 0.15) is 0 Å². The molecule has 0 saturated carbocycles. The molecule has 0 aromatic rings. The zero-order valence-electron chi connectivity index (χ0n) is 22.7. The highest BCUT2D eigenvalue weighted by atomic mass is 16.5. The molecule has 10 nitrogen and oxygen atoms in total. The minimum Gasteiger partial charge on any atom is -0.481 e. The number of esters is 3. The van der Waals surface area contributed by atoms with Gasteiger partial charge in [-0.15, -0.1) is 0 Å².